The highest BCUT2D eigenvalue weighted by atomic mass is 32.2. The van der Waals surface area contributed by atoms with Crippen LogP contribution >= 0.6 is 11.8 Å². The van der Waals surface area contributed by atoms with Gasteiger partial charge in [0.25, 0.3) is 0 Å². The van der Waals surface area contributed by atoms with Crippen molar-refractivity contribution < 1.29 is 19.1 Å². The number of carboxylic acid groups (broad SMARTS) is 1. The van der Waals surface area contributed by atoms with Gasteiger partial charge in [0.1, 0.15) is 5.70 Å². The minimum Gasteiger partial charge on any atom is -0.477 e. The molecule has 4 atom stereocenters. The number of carboxylic acids is 1. The van der Waals surface area contributed by atoms with Gasteiger partial charge in [-0.2, -0.15) is 0 Å². The number of rotatable bonds is 12. The van der Waals surface area contributed by atoms with E-state index in [0.29, 0.717) is 5.75 Å². The van der Waals surface area contributed by atoms with Crippen molar-refractivity contribution in [2.45, 2.75) is 76.7 Å². The Hall–Kier alpha value is -2.39. The fourth-order valence-electron chi connectivity index (χ4n) is 5.62. The van der Waals surface area contributed by atoms with Gasteiger partial charge >= 0.3 is 5.97 Å². The van der Waals surface area contributed by atoms with Crippen molar-refractivity contribution in [3.63, 3.8) is 0 Å². The number of carbonyl (C=O) groups is 2. The molecule has 1 fully saturated rings. The lowest BCUT2D eigenvalue weighted by molar-refractivity contribution is -0.163. The molecule has 0 spiro atoms. The fraction of sp³-hybridized carbons (Fsp3) is 0.500. The highest BCUT2D eigenvalue weighted by Crippen LogP contribution is 2.53. The van der Waals surface area contributed by atoms with Gasteiger partial charge in [0.2, 0.25) is 5.91 Å². The van der Waals surface area contributed by atoms with Crippen molar-refractivity contribution in [2.75, 3.05) is 13.6 Å². The molecule has 1 amide bonds. The lowest BCUT2D eigenvalue weighted by Crippen LogP contribution is -2.65. The van der Waals surface area contributed by atoms with Gasteiger partial charge in [0.15, 0.2) is 8.32 Å². The van der Waals surface area contributed by atoms with E-state index in [9.17, 15) is 14.7 Å². The van der Waals surface area contributed by atoms with Crippen LogP contribution in [0.3, 0.4) is 0 Å². The van der Waals surface area contributed by atoms with Crippen LogP contribution in [-0.4, -0.2) is 60.8 Å². The zero-order valence-electron chi connectivity index (χ0n) is 24.9. The topological polar surface area (TPSA) is 70.1 Å². The molecule has 0 unspecified atom stereocenters. The Morgan fingerprint density at radius 3 is 2.20 bits per heavy atom. The summed E-state index contributed by atoms with van der Waals surface area (Å²) in [5.74, 6) is -0.871. The lowest BCUT2D eigenvalue weighted by atomic mass is 9.77. The normalized spacial score (nSPS) is 21.9. The maximum absolute atomic E-state index is 13.6. The minimum atomic E-state index is -2.12. The maximum atomic E-state index is 13.6. The molecule has 0 bridgehead atoms. The second kappa shape index (κ2) is 12.2. The van der Waals surface area contributed by atoms with Gasteiger partial charge in [-0.3, -0.25) is 4.79 Å². The molecule has 2 aliphatic rings. The second-order valence-corrected chi connectivity index (χ2v) is 18.5. The molecule has 0 radical (unpaired) electrons. The number of thioether (sulfide) groups is 1. The van der Waals surface area contributed by atoms with Gasteiger partial charge in [-0.15, -0.1) is 11.8 Å². The standard InChI is InChI=1S/C32H44N2O4SSi/c1-22(38-40(6,7)32(2,3)4)26-27-25(18-19-33(5)20-23-14-10-8-11-15-23)29(28(31(36)37)34(27)30(26)35)39-21-24-16-12-9-13-17-24/h8-17,22,25-27H,18-21H2,1-7H3,(H,36,37)/t22-,25-,26-,27-/m1/s1. The summed E-state index contributed by atoms with van der Waals surface area (Å²) in [5, 5.41) is 10.3. The lowest BCUT2D eigenvalue weighted by Gasteiger charge is -2.50. The molecule has 1 N–H and O–H groups in total. The smallest absolute Gasteiger partial charge is 0.353 e. The molecule has 1 saturated heterocycles. The number of hydrogen-bond acceptors (Lipinski definition) is 5. The number of amides is 1. The predicted octanol–water partition coefficient (Wildman–Crippen LogP) is 6.61. The molecule has 0 saturated carbocycles. The van der Waals surface area contributed by atoms with Gasteiger partial charge in [-0.25, -0.2) is 4.79 Å². The summed E-state index contributed by atoms with van der Waals surface area (Å²) in [7, 11) is -0.0155. The molecule has 0 aliphatic carbocycles. The summed E-state index contributed by atoms with van der Waals surface area (Å²) in [6, 6.07) is 20.3. The number of carbonyl (C=O) groups excluding carboxylic acids is 1. The number of aliphatic carboxylic acids is 1. The molecule has 2 aromatic carbocycles. The Kier molecular flexibility index (Phi) is 9.34. The SMILES string of the molecule is C[C@@H](O[Si](C)(C)C(C)(C)C)[C@H]1C(=O)N2C(C(=O)O)=C(SCc3ccccc3)[C@H](CCN(C)Cc3ccccc3)[C@H]12. The zero-order chi connectivity index (χ0) is 29.2. The van der Waals surface area contributed by atoms with Crippen LogP contribution in [0.1, 0.15) is 45.2 Å². The Morgan fingerprint density at radius 2 is 1.65 bits per heavy atom. The Morgan fingerprint density at radius 1 is 1.07 bits per heavy atom. The summed E-state index contributed by atoms with van der Waals surface area (Å²) in [4.78, 5) is 30.9. The quantitative estimate of drug-likeness (QED) is 0.225. The van der Waals surface area contributed by atoms with Crippen molar-refractivity contribution in [3.8, 4) is 0 Å². The van der Waals surface area contributed by atoms with Crippen LogP contribution < -0.4 is 0 Å². The van der Waals surface area contributed by atoms with Gasteiger partial charge in [0, 0.05) is 23.1 Å². The van der Waals surface area contributed by atoms with Gasteiger partial charge < -0.3 is 19.3 Å². The number of β-lactam (4-membered cyclic amide) rings is 1. The van der Waals surface area contributed by atoms with Crippen LogP contribution in [0.15, 0.2) is 71.3 Å². The monoisotopic (exact) mass is 580 g/mol. The molecule has 2 aliphatic heterocycles. The van der Waals surface area contributed by atoms with Crippen LogP contribution in [0, 0.1) is 11.8 Å². The van der Waals surface area contributed by atoms with Crippen molar-refractivity contribution in [2.24, 2.45) is 11.8 Å². The van der Waals surface area contributed by atoms with Crippen molar-refractivity contribution in [3.05, 3.63) is 82.4 Å². The first-order chi connectivity index (χ1) is 18.8. The summed E-state index contributed by atoms with van der Waals surface area (Å²) in [6.07, 6.45) is 0.502. The first-order valence-electron chi connectivity index (χ1n) is 14.2. The van der Waals surface area contributed by atoms with E-state index in [-0.39, 0.29) is 40.6 Å². The van der Waals surface area contributed by atoms with Gasteiger partial charge in [-0.1, -0.05) is 81.4 Å². The maximum Gasteiger partial charge on any atom is 0.353 e. The van der Waals surface area contributed by atoms with E-state index in [0.717, 1.165) is 30.0 Å². The molecule has 40 heavy (non-hydrogen) atoms. The first-order valence-corrected chi connectivity index (χ1v) is 18.1. The van der Waals surface area contributed by atoms with Gasteiger partial charge in [-0.05, 0) is 56.2 Å². The van der Waals surface area contributed by atoms with E-state index in [1.807, 2.05) is 43.3 Å². The number of fused-ring (bicyclic) bond motifs is 1. The van der Waals surface area contributed by atoms with Crippen molar-refractivity contribution >= 4 is 32.0 Å². The van der Waals surface area contributed by atoms with E-state index in [1.165, 1.54) is 5.56 Å². The third-order valence-corrected chi connectivity index (χ3v) is 14.6. The van der Waals surface area contributed by atoms with E-state index in [4.69, 9.17) is 4.43 Å². The average Bonchev–Trinajstić information content (AvgIpc) is 3.16. The van der Waals surface area contributed by atoms with E-state index in [1.54, 1.807) is 16.7 Å². The fourth-order valence-corrected chi connectivity index (χ4v) is 8.36. The average molecular weight is 581 g/mol. The van der Waals surface area contributed by atoms with Crippen LogP contribution in [0.5, 0.6) is 0 Å². The molecule has 4 rings (SSSR count). The summed E-state index contributed by atoms with van der Waals surface area (Å²) in [5.41, 5.74) is 2.55. The van der Waals surface area contributed by atoms with Gasteiger partial charge in [0.05, 0.1) is 18.1 Å². The second-order valence-electron chi connectivity index (χ2n) is 12.7. The summed E-state index contributed by atoms with van der Waals surface area (Å²) in [6.45, 7) is 14.6. The first kappa shape index (κ1) is 30.6. The third kappa shape index (κ3) is 6.40. The molecular formula is C32H44N2O4SSi. The highest BCUT2D eigenvalue weighted by molar-refractivity contribution is 8.02. The molecular weight excluding hydrogens is 537 g/mol. The van der Waals surface area contributed by atoms with Crippen LogP contribution in [0.25, 0.3) is 0 Å². The molecule has 6 nitrogen and oxygen atoms in total. The number of benzene rings is 2. The number of hydrogen-bond donors (Lipinski definition) is 1. The molecule has 8 heteroatoms. The Bertz CT molecular complexity index is 1230. The minimum absolute atomic E-state index is 0.0180. The largest absolute Gasteiger partial charge is 0.477 e. The molecule has 2 aromatic rings. The third-order valence-electron chi connectivity index (χ3n) is 8.76. The highest BCUT2D eigenvalue weighted by Gasteiger charge is 2.62. The Balaban J connectivity index is 1.60. The Labute approximate surface area is 244 Å². The van der Waals surface area contributed by atoms with E-state index >= 15 is 0 Å². The van der Waals surface area contributed by atoms with Crippen LogP contribution in [-0.2, 0) is 26.3 Å². The van der Waals surface area contributed by atoms with Crippen molar-refractivity contribution in [1.82, 2.24) is 9.80 Å². The number of nitrogens with zero attached hydrogens (tertiary/aromatic N) is 2. The molecule has 2 heterocycles. The predicted molar refractivity (Wildman–Crippen MR) is 165 cm³/mol. The molecule has 0 aromatic heterocycles. The summed E-state index contributed by atoms with van der Waals surface area (Å²) < 4.78 is 6.71. The van der Waals surface area contributed by atoms with Crippen molar-refractivity contribution in [1.29, 1.82) is 0 Å². The van der Waals surface area contributed by atoms with E-state index in [2.05, 4.69) is 70.1 Å². The van der Waals surface area contributed by atoms with Crippen LogP contribution in [0.2, 0.25) is 18.1 Å². The van der Waals surface area contributed by atoms with E-state index < -0.39 is 14.3 Å². The van der Waals surface area contributed by atoms with Crippen LogP contribution in [0.4, 0.5) is 0 Å². The zero-order valence-corrected chi connectivity index (χ0v) is 26.7. The summed E-state index contributed by atoms with van der Waals surface area (Å²) >= 11 is 1.57. The molecule has 216 valence electrons.